The molecule has 0 spiro atoms. The second-order valence-corrected chi connectivity index (χ2v) is 6.97. The van der Waals surface area contributed by atoms with E-state index >= 15 is 0 Å². The Kier molecular flexibility index (Phi) is 3.92. The van der Waals surface area contributed by atoms with Crippen LogP contribution in [0.1, 0.15) is 6.92 Å². The summed E-state index contributed by atoms with van der Waals surface area (Å²) >= 11 is 7.88. The molecule has 21 heavy (non-hydrogen) atoms. The molecule has 1 saturated heterocycles. The SMILES string of the molecule is CCN1C(=O)/C(=N/N=c2/sc3ccccc3n2C)SC1=S. The van der Waals surface area contributed by atoms with Gasteiger partial charge >= 0.3 is 0 Å². The van der Waals surface area contributed by atoms with Crippen LogP contribution in [0.2, 0.25) is 0 Å². The summed E-state index contributed by atoms with van der Waals surface area (Å²) in [6.45, 7) is 2.44. The Morgan fingerprint density at radius 1 is 1.29 bits per heavy atom. The molecule has 0 bridgehead atoms. The van der Waals surface area contributed by atoms with E-state index in [1.165, 1.54) is 28.0 Å². The third-order valence-electron chi connectivity index (χ3n) is 3.09. The predicted molar refractivity (Wildman–Crippen MR) is 91.4 cm³/mol. The summed E-state index contributed by atoms with van der Waals surface area (Å²) in [5.41, 5.74) is 1.09. The van der Waals surface area contributed by atoms with Gasteiger partial charge in [-0.25, -0.2) is 0 Å². The molecule has 2 aromatic rings. The molecule has 1 aromatic heterocycles. The van der Waals surface area contributed by atoms with Crippen molar-refractivity contribution in [2.45, 2.75) is 6.92 Å². The Morgan fingerprint density at radius 2 is 2.05 bits per heavy atom. The average Bonchev–Trinajstić information content (AvgIpc) is 2.94. The number of aryl methyl sites for hydroxylation is 1. The third kappa shape index (κ3) is 2.54. The molecule has 0 saturated carbocycles. The van der Waals surface area contributed by atoms with E-state index in [1.807, 2.05) is 42.8 Å². The van der Waals surface area contributed by atoms with Crippen molar-refractivity contribution in [1.29, 1.82) is 0 Å². The van der Waals surface area contributed by atoms with E-state index in [4.69, 9.17) is 12.2 Å². The first kappa shape index (κ1) is 14.4. The molecule has 8 heteroatoms. The summed E-state index contributed by atoms with van der Waals surface area (Å²) in [5.74, 6) is -0.167. The molecule has 0 N–H and O–H groups in total. The largest absolute Gasteiger partial charge is 0.318 e. The van der Waals surface area contributed by atoms with Crippen LogP contribution in [0.25, 0.3) is 10.2 Å². The summed E-state index contributed by atoms with van der Waals surface area (Å²) in [7, 11) is 1.93. The number of rotatable bonds is 2. The molecule has 108 valence electrons. The van der Waals surface area contributed by atoms with Gasteiger partial charge in [-0.1, -0.05) is 35.7 Å². The quantitative estimate of drug-likeness (QED) is 0.625. The zero-order valence-electron chi connectivity index (χ0n) is 11.4. The number of nitrogens with zero attached hydrogens (tertiary/aromatic N) is 4. The number of hydrogen-bond acceptors (Lipinski definition) is 6. The van der Waals surface area contributed by atoms with Gasteiger partial charge in [0.05, 0.1) is 10.2 Å². The number of benzene rings is 1. The van der Waals surface area contributed by atoms with Crippen LogP contribution in [-0.2, 0) is 11.8 Å². The monoisotopic (exact) mass is 336 g/mol. The molecule has 0 atom stereocenters. The highest BCUT2D eigenvalue weighted by Crippen LogP contribution is 2.22. The number of thiocarbonyl (C=S) groups is 1. The van der Waals surface area contributed by atoms with Crippen molar-refractivity contribution >= 4 is 60.8 Å². The molecule has 2 heterocycles. The molecule has 1 aromatic carbocycles. The molecule has 1 amide bonds. The van der Waals surface area contributed by atoms with Gasteiger partial charge in [0.2, 0.25) is 4.80 Å². The van der Waals surface area contributed by atoms with Crippen LogP contribution in [-0.4, -0.2) is 31.3 Å². The van der Waals surface area contributed by atoms with Crippen molar-refractivity contribution in [1.82, 2.24) is 9.47 Å². The number of aromatic nitrogens is 1. The van der Waals surface area contributed by atoms with E-state index in [-0.39, 0.29) is 5.91 Å². The molecule has 5 nitrogen and oxygen atoms in total. The van der Waals surface area contributed by atoms with Crippen LogP contribution in [0.3, 0.4) is 0 Å². The second-order valence-electron chi connectivity index (χ2n) is 4.33. The van der Waals surface area contributed by atoms with Gasteiger partial charge < -0.3 is 4.57 Å². The average molecular weight is 336 g/mol. The van der Waals surface area contributed by atoms with Gasteiger partial charge in [-0.3, -0.25) is 9.69 Å². The second kappa shape index (κ2) is 5.70. The van der Waals surface area contributed by atoms with Crippen molar-refractivity contribution in [2.24, 2.45) is 17.3 Å². The summed E-state index contributed by atoms with van der Waals surface area (Å²) in [6, 6.07) is 8.04. The fourth-order valence-electron chi connectivity index (χ4n) is 1.98. The van der Waals surface area contributed by atoms with Gasteiger partial charge in [-0.2, -0.15) is 0 Å². The third-order valence-corrected chi connectivity index (χ3v) is 5.51. The Bertz CT molecular complexity index is 833. The number of amides is 1. The lowest BCUT2D eigenvalue weighted by Crippen LogP contribution is -2.29. The summed E-state index contributed by atoms with van der Waals surface area (Å²) < 4.78 is 3.64. The van der Waals surface area contributed by atoms with Crippen LogP contribution in [0.5, 0.6) is 0 Å². The molecule has 0 radical (unpaired) electrons. The number of para-hydroxylation sites is 1. The maximum atomic E-state index is 12.0. The maximum Gasteiger partial charge on any atom is 0.286 e. The first-order valence-corrected chi connectivity index (χ1v) is 8.36. The van der Waals surface area contributed by atoms with Gasteiger partial charge in [-0.05, 0) is 30.8 Å². The van der Waals surface area contributed by atoms with Crippen LogP contribution in [0.15, 0.2) is 34.5 Å². The van der Waals surface area contributed by atoms with E-state index in [2.05, 4.69) is 10.2 Å². The van der Waals surface area contributed by atoms with E-state index in [0.717, 1.165) is 15.0 Å². The summed E-state index contributed by atoms with van der Waals surface area (Å²) in [4.78, 5) is 14.3. The van der Waals surface area contributed by atoms with E-state index in [1.54, 1.807) is 0 Å². The van der Waals surface area contributed by atoms with Crippen molar-refractivity contribution in [2.75, 3.05) is 6.54 Å². The Labute approximate surface area is 135 Å². The maximum absolute atomic E-state index is 12.0. The lowest BCUT2D eigenvalue weighted by Gasteiger charge is -2.08. The molecule has 0 unspecified atom stereocenters. The van der Waals surface area contributed by atoms with Gasteiger partial charge in [0.1, 0.15) is 4.32 Å². The van der Waals surface area contributed by atoms with E-state index < -0.39 is 0 Å². The number of thioether (sulfide) groups is 1. The van der Waals surface area contributed by atoms with Gasteiger partial charge in [0.15, 0.2) is 5.04 Å². The van der Waals surface area contributed by atoms with Gasteiger partial charge in [-0.15, -0.1) is 10.2 Å². The summed E-state index contributed by atoms with van der Waals surface area (Å²) in [5, 5.41) is 8.65. The zero-order chi connectivity index (χ0) is 15.0. The number of fused-ring (bicyclic) bond motifs is 1. The first-order chi connectivity index (χ1) is 10.1. The van der Waals surface area contributed by atoms with Crippen molar-refractivity contribution in [3.8, 4) is 0 Å². The minimum atomic E-state index is -0.167. The minimum absolute atomic E-state index is 0.167. The van der Waals surface area contributed by atoms with Crippen molar-refractivity contribution in [3.63, 3.8) is 0 Å². The van der Waals surface area contributed by atoms with Crippen molar-refractivity contribution < 1.29 is 4.79 Å². The molecule has 1 aliphatic heterocycles. The molecule has 1 aliphatic rings. The number of carbonyl (C=O) groups is 1. The van der Waals surface area contributed by atoms with Crippen LogP contribution < -0.4 is 4.80 Å². The molecule has 0 aliphatic carbocycles. The Morgan fingerprint density at radius 3 is 2.71 bits per heavy atom. The van der Waals surface area contributed by atoms with Crippen LogP contribution in [0.4, 0.5) is 0 Å². The lowest BCUT2D eigenvalue weighted by atomic mass is 10.3. The van der Waals surface area contributed by atoms with Gasteiger partial charge in [0, 0.05) is 13.6 Å². The highest BCUT2D eigenvalue weighted by Gasteiger charge is 2.32. The molecule has 1 fully saturated rings. The highest BCUT2D eigenvalue weighted by atomic mass is 32.2. The predicted octanol–water partition coefficient (Wildman–Crippen LogP) is 2.33. The normalized spacial score (nSPS) is 18.5. The fraction of sp³-hybridized carbons (Fsp3) is 0.231. The number of carbonyl (C=O) groups excluding carboxylic acids is 1. The fourth-order valence-corrected chi connectivity index (χ4v) is 4.17. The highest BCUT2D eigenvalue weighted by molar-refractivity contribution is 8.35. The number of thiazole rings is 1. The summed E-state index contributed by atoms with van der Waals surface area (Å²) in [6.07, 6.45) is 0. The van der Waals surface area contributed by atoms with E-state index in [0.29, 0.717) is 15.9 Å². The minimum Gasteiger partial charge on any atom is -0.318 e. The topological polar surface area (TPSA) is 50.0 Å². The lowest BCUT2D eigenvalue weighted by molar-refractivity contribution is -0.119. The van der Waals surface area contributed by atoms with Gasteiger partial charge in [0.25, 0.3) is 5.91 Å². The Hall–Kier alpha value is -1.51. The molecular weight excluding hydrogens is 324 g/mol. The van der Waals surface area contributed by atoms with Crippen LogP contribution in [0, 0.1) is 0 Å². The zero-order valence-corrected chi connectivity index (χ0v) is 13.9. The van der Waals surface area contributed by atoms with E-state index in [9.17, 15) is 4.79 Å². The molecular formula is C13H12N4OS3. The van der Waals surface area contributed by atoms with Crippen molar-refractivity contribution in [3.05, 3.63) is 29.1 Å². The standard InChI is InChI=1S/C13H12N4OS3/c1-3-17-11(18)10(21-13(17)19)14-15-12-16(2)8-6-4-5-7-9(8)20-12/h4-7H,3H2,1-2H3/b14-10-,15-12+. The molecule has 3 rings (SSSR count). The number of hydrogen-bond donors (Lipinski definition) is 0. The Balaban J connectivity index is 2.02. The smallest absolute Gasteiger partial charge is 0.286 e. The first-order valence-electron chi connectivity index (χ1n) is 6.31. The van der Waals surface area contributed by atoms with Crippen LogP contribution >= 0.6 is 35.3 Å².